The van der Waals surface area contributed by atoms with Gasteiger partial charge >= 0.3 is 0 Å². The Bertz CT molecular complexity index is 500. The number of oxazole rings is 1. The number of hydrogen-bond acceptors (Lipinski definition) is 3. The number of hydrogen-bond donors (Lipinski definition) is 0. The Kier molecular flexibility index (Phi) is 2.37. The number of carbonyl (C=O) groups excluding carboxylic acids is 1. The number of aromatic nitrogens is 1. The second kappa shape index (κ2) is 3.69. The quantitative estimate of drug-likeness (QED) is 0.701. The fourth-order valence-corrected chi connectivity index (χ4v) is 1.56. The summed E-state index contributed by atoms with van der Waals surface area (Å²) in [5.74, 6) is 0.803. The molecule has 3 nitrogen and oxygen atoms in total. The molecule has 0 aliphatic rings. The number of nitrogens with zero attached hydrogens (tertiary/aromatic N) is 1. The molecule has 1 heterocycles. The van der Waals surface area contributed by atoms with Crippen molar-refractivity contribution in [2.24, 2.45) is 0 Å². The Morgan fingerprint density at radius 2 is 2.00 bits per heavy atom. The van der Waals surface area contributed by atoms with Crippen LogP contribution in [-0.4, -0.2) is 11.3 Å². The summed E-state index contributed by atoms with van der Waals surface area (Å²) in [4.78, 5) is 14.7. The minimum Gasteiger partial charge on any atom is -0.439 e. The number of aldehydes is 1. The van der Waals surface area contributed by atoms with E-state index < -0.39 is 0 Å². The van der Waals surface area contributed by atoms with Crippen LogP contribution in [0, 0.1) is 13.8 Å². The highest BCUT2D eigenvalue weighted by molar-refractivity contribution is 5.72. The van der Waals surface area contributed by atoms with Gasteiger partial charge < -0.3 is 4.42 Å². The molecule has 2 aromatic rings. The molecule has 0 aliphatic carbocycles. The number of benzene rings is 1. The highest BCUT2D eigenvalue weighted by Crippen LogP contribution is 2.25. The minimum absolute atomic E-state index is 0.130. The normalized spacial score (nSPS) is 10.3. The second-order valence-electron chi connectivity index (χ2n) is 3.39. The van der Waals surface area contributed by atoms with Crippen LogP contribution in [0.5, 0.6) is 0 Å². The largest absolute Gasteiger partial charge is 0.439 e. The number of rotatable bonds is 2. The van der Waals surface area contributed by atoms with Crippen LogP contribution in [0.2, 0.25) is 0 Å². The fraction of sp³-hybridized carbons (Fsp3) is 0.167. The molecule has 0 unspecified atom stereocenters. The molecule has 1 aromatic carbocycles. The molecule has 0 bridgehead atoms. The predicted octanol–water partition coefficient (Wildman–Crippen LogP) is 2.77. The van der Waals surface area contributed by atoms with Crippen molar-refractivity contribution in [1.82, 2.24) is 4.98 Å². The molecule has 0 saturated heterocycles. The highest BCUT2D eigenvalue weighted by atomic mass is 16.4. The van der Waals surface area contributed by atoms with Gasteiger partial charge in [-0.25, -0.2) is 4.98 Å². The van der Waals surface area contributed by atoms with Crippen molar-refractivity contribution < 1.29 is 9.21 Å². The third-order valence-corrected chi connectivity index (χ3v) is 2.31. The van der Waals surface area contributed by atoms with Crippen LogP contribution < -0.4 is 0 Å². The summed E-state index contributed by atoms with van der Waals surface area (Å²) < 4.78 is 5.19. The first kappa shape index (κ1) is 9.65. The van der Waals surface area contributed by atoms with Gasteiger partial charge in [0, 0.05) is 5.56 Å². The molecular weight excluding hydrogens is 190 g/mol. The summed E-state index contributed by atoms with van der Waals surface area (Å²) in [6, 6.07) is 7.88. The van der Waals surface area contributed by atoms with Gasteiger partial charge in [0.15, 0.2) is 0 Å². The third kappa shape index (κ3) is 1.68. The summed E-state index contributed by atoms with van der Waals surface area (Å²) >= 11 is 0. The van der Waals surface area contributed by atoms with Gasteiger partial charge in [-0.1, -0.05) is 24.3 Å². The lowest BCUT2D eigenvalue weighted by molar-refractivity contribution is 0.109. The Hall–Kier alpha value is -1.90. The maximum absolute atomic E-state index is 10.5. The first-order chi connectivity index (χ1) is 7.22. The van der Waals surface area contributed by atoms with Crippen molar-refractivity contribution in [3.8, 4) is 11.3 Å². The Morgan fingerprint density at radius 1 is 1.27 bits per heavy atom. The Labute approximate surface area is 87.8 Å². The van der Waals surface area contributed by atoms with E-state index in [2.05, 4.69) is 4.98 Å². The van der Waals surface area contributed by atoms with E-state index in [1.165, 1.54) is 0 Å². The molecule has 0 N–H and O–H groups in total. The van der Waals surface area contributed by atoms with E-state index in [0.717, 1.165) is 16.8 Å². The van der Waals surface area contributed by atoms with Gasteiger partial charge in [-0.05, 0) is 19.4 Å². The van der Waals surface area contributed by atoms with Crippen LogP contribution in [0.1, 0.15) is 22.0 Å². The minimum atomic E-state index is 0.130. The van der Waals surface area contributed by atoms with E-state index in [1.54, 1.807) is 0 Å². The first-order valence-corrected chi connectivity index (χ1v) is 4.71. The fourth-order valence-electron chi connectivity index (χ4n) is 1.56. The first-order valence-electron chi connectivity index (χ1n) is 4.71. The maximum Gasteiger partial charge on any atom is 0.260 e. The molecule has 0 atom stereocenters. The smallest absolute Gasteiger partial charge is 0.260 e. The highest BCUT2D eigenvalue weighted by Gasteiger charge is 2.12. The summed E-state index contributed by atoms with van der Waals surface area (Å²) in [6.07, 6.45) is 0.620. The monoisotopic (exact) mass is 201 g/mol. The molecule has 0 aliphatic heterocycles. The predicted molar refractivity (Wildman–Crippen MR) is 56.8 cm³/mol. The van der Waals surface area contributed by atoms with Gasteiger partial charge in [-0.3, -0.25) is 4.79 Å². The topological polar surface area (TPSA) is 43.1 Å². The van der Waals surface area contributed by atoms with Crippen molar-refractivity contribution in [2.75, 3.05) is 0 Å². The lowest BCUT2D eigenvalue weighted by Crippen LogP contribution is -1.85. The Morgan fingerprint density at radius 3 is 2.60 bits per heavy atom. The van der Waals surface area contributed by atoms with Crippen LogP contribution in [0.25, 0.3) is 11.3 Å². The molecule has 0 spiro atoms. The van der Waals surface area contributed by atoms with Crippen LogP contribution in [0.4, 0.5) is 0 Å². The number of aryl methyl sites for hydroxylation is 2. The van der Waals surface area contributed by atoms with Gasteiger partial charge in [-0.15, -0.1) is 0 Å². The van der Waals surface area contributed by atoms with Crippen molar-refractivity contribution in [3.63, 3.8) is 0 Å². The van der Waals surface area contributed by atoms with Crippen molar-refractivity contribution in [1.29, 1.82) is 0 Å². The summed E-state index contributed by atoms with van der Waals surface area (Å²) in [7, 11) is 0. The van der Waals surface area contributed by atoms with Crippen molar-refractivity contribution in [3.05, 3.63) is 41.5 Å². The zero-order valence-corrected chi connectivity index (χ0v) is 8.65. The van der Waals surface area contributed by atoms with Crippen LogP contribution in [0.3, 0.4) is 0 Å². The molecule has 2 rings (SSSR count). The van der Waals surface area contributed by atoms with E-state index in [1.807, 2.05) is 38.1 Å². The zero-order chi connectivity index (χ0) is 10.8. The molecule has 0 fully saturated rings. The van der Waals surface area contributed by atoms with Crippen molar-refractivity contribution in [2.45, 2.75) is 13.8 Å². The van der Waals surface area contributed by atoms with Crippen LogP contribution >= 0.6 is 0 Å². The van der Waals surface area contributed by atoms with E-state index in [0.29, 0.717) is 12.0 Å². The summed E-state index contributed by atoms with van der Waals surface area (Å²) in [6.45, 7) is 3.81. The molecule has 1 aromatic heterocycles. The molecule has 3 heteroatoms. The third-order valence-electron chi connectivity index (χ3n) is 2.31. The van der Waals surface area contributed by atoms with Gasteiger partial charge in [-0.2, -0.15) is 0 Å². The van der Waals surface area contributed by atoms with Crippen molar-refractivity contribution >= 4 is 6.29 Å². The van der Waals surface area contributed by atoms with Gasteiger partial charge in [0.2, 0.25) is 6.29 Å². The average molecular weight is 201 g/mol. The molecule has 0 amide bonds. The van der Waals surface area contributed by atoms with E-state index in [9.17, 15) is 4.79 Å². The molecule has 0 saturated carbocycles. The van der Waals surface area contributed by atoms with E-state index in [4.69, 9.17) is 4.42 Å². The average Bonchev–Trinajstić information content (AvgIpc) is 2.60. The zero-order valence-electron chi connectivity index (χ0n) is 8.65. The molecular formula is C12H11NO2. The lowest BCUT2D eigenvalue weighted by Gasteiger charge is -2.01. The number of carbonyl (C=O) groups is 1. The van der Waals surface area contributed by atoms with Crippen LogP contribution in [-0.2, 0) is 0 Å². The standard InChI is InChI=1S/C12H11NO2/c1-8-5-3-4-6-10(8)12-9(2)15-11(7-14)13-12/h3-7H,1-2H3. The van der Waals surface area contributed by atoms with Gasteiger partial charge in [0.25, 0.3) is 5.89 Å². The molecule has 76 valence electrons. The Balaban J connectivity index is 2.58. The summed E-state index contributed by atoms with van der Waals surface area (Å²) in [5.41, 5.74) is 2.87. The van der Waals surface area contributed by atoms with E-state index >= 15 is 0 Å². The SMILES string of the molecule is Cc1ccccc1-c1nc(C=O)oc1C. The summed E-state index contributed by atoms with van der Waals surface area (Å²) in [5, 5.41) is 0. The van der Waals surface area contributed by atoms with E-state index in [-0.39, 0.29) is 5.89 Å². The maximum atomic E-state index is 10.5. The van der Waals surface area contributed by atoms with Gasteiger partial charge in [0.05, 0.1) is 0 Å². The lowest BCUT2D eigenvalue weighted by atomic mass is 10.1. The van der Waals surface area contributed by atoms with Crippen LogP contribution in [0.15, 0.2) is 28.7 Å². The molecule has 15 heavy (non-hydrogen) atoms. The van der Waals surface area contributed by atoms with Gasteiger partial charge in [0.1, 0.15) is 11.5 Å². The molecule has 0 radical (unpaired) electrons. The second-order valence-corrected chi connectivity index (χ2v) is 3.39.